The fraction of sp³-hybridized carbons (Fsp3) is 0. The van der Waals surface area contributed by atoms with Crippen molar-refractivity contribution in [3.05, 3.63) is 237 Å². The molecule has 0 fully saturated rings. The van der Waals surface area contributed by atoms with Crippen LogP contribution in [-0.4, -0.2) is 0 Å². The maximum Gasteiger partial charge on any atom is 0.0540 e. The van der Waals surface area contributed by atoms with Gasteiger partial charge in [-0.1, -0.05) is 194 Å². The fourth-order valence-corrected chi connectivity index (χ4v) is 9.76. The summed E-state index contributed by atoms with van der Waals surface area (Å²) in [6, 6.07) is 86.8. The van der Waals surface area contributed by atoms with Crippen LogP contribution in [-0.2, 0) is 0 Å². The maximum atomic E-state index is 2.41. The highest BCUT2D eigenvalue weighted by Crippen LogP contribution is 2.45. The van der Waals surface area contributed by atoms with E-state index in [-0.39, 0.29) is 0 Å². The second kappa shape index (κ2) is 14.4. The highest BCUT2D eigenvalue weighted by Gasteiger charge is 2.19. The van der Waals surface area contributed by atoms with Crippen molar-refractivity contribution in [1.82, 2.24) is 0 Å². The molecule has 0 atom stereocenters. The Kier molecular flexibility index (Phi) is 8.25. The van der Waals surface area contributed by atoms with Crippen molar-refractivity contribution in [3.8, 4) is 33.4 Å². The van der Waals surface area contributed by atoms with Crippen LogP contribution in [0.25, 0.3) is 98.0 Å². The van der Waals surface area contributed by atoms with Gasteiger partial charge in [-0.2, -0.15) is 0 Å². The van der Waals surface area contributed by atoms with Crippen molar-refractivity contribution in [2.24, 2.45) is 0 Å². The standard InChI is InChI=1S/C60H39N/c1-2-14-40(15-3-1)50-20-12-13-25-58(50)61(47-33-28-42(29-34-47)56-38-45-17-5-7-19-49(45)53-23-10-11-24-54(53)56)48-35-30-43(31-36-48)57-39-46-18-6-9-22-52(46)60-55(57)37-32-44-27-26-41-16-4-8-21-51(41)59(44)60/h1-39H. The Morgan fingerprint density at radius 3 is 1.38 bits per heavy atom. The van der Waals surface area contributed by atoms with E-state index in [9.17, 15) is 0 Å². The largest absolute Gasteiger partial charge is 0.310 e. The SMILES string of the molecule is c1ccc(-c2ccccc2N(c2ccc(-c3cc4ccccc4c4ccccc34)cc2)c2ccc(-c3cc4ccccc4c4c3ccc3ccc5ccccc5c34)cc2)cc1. The Labute approximate surface area is 355 Å². The molecule has 12 aromatic carbocycles. The second-order valence-corrected chi connectivity index (χ2v) is 16.0. The molecule has 0 spiro atoms. The minimum absolute atomic E-state index is 1.09. The number of hydrogen-bond acceptors (Lipinski definition) is 1. The van der Waals surface area contributed by atoms with Gasteiger partial charge in [0.15, 0.2) is 0 Å². The molecule has 61 heavy (non-hydrogen) atoms. The summed E-state index contributed by atoms with van der Waals surface area (Å²) in [4.78, 5) is 2.41. The summed E-state index contributed by atoms with van der Waals surface area (Å²) in [6.07, 6.45) is 0. The number of para-hydroxylation sites is 1. The van der Waals surface area contributed by atoms with Crippen molar-refractivity contribution < 1.29 is 0 Å². The molecule has 0 saturated heterocycles. The summed E-state index contributed by atoms with van der Waals surface area (Å²) in [7, 11) is 0. The van der Waals surface area contributed by atoms with Gasteiger partial charge >= 0.3 is 0 Å². The van der Waals surface area contributed by atoms with E-state index in [1.165, 1.54) is 98.0 Å². The molecule has 0 amide bonds. The first kappa shape index (κ1) is 35.0. The molecule has 0 saturated carbocycles. The van der Waals surface area contributed by atoms with E-state index >= 15 is 0 Å². The summed E-state index contributed by atoms with van der Waals surface area (Å²) in [5, 5.41) is 15.3. The summed E-state index contributed by atoms with van der Waals surface area (Å²) in [5.74, 6) is 0. The highest BCUT2D eigenvalue weighted by molar-refractivity contribution is 6.30. The van der Waals surface area contributed by atoms with Crippen LogP contribution in [0.4, 0.5) is 17.1 Å². The van der Waals surface area contributed by atoms with E-state index in [1.54, 1.807) is 0 Å². The van der Waals surface area contributed by atoms with Crippen molar-refractivity contribution in [3.63, 3.8) is 0 Å². The minimum atomic E-state index is 1.09. The number of anilines is 3. The monoisotopic (exact) mass is 773 g/mol. The minimum Gasteiger partial charge on any atom is -0.310 e. The summed E-state index contributed by atoms with van der Waals surface area (Å²) < 4.78 is 0. The number of benzene rings is 12. The number of hydrogen-bond donors (Lipinski definition) is 0. The Bertz CT molecular complexity index is 3620. The average molecular weight is 774 g/mol. The highest BCUT2D eigenvalue weighted by atomic mass is 15.1. The normalized spacial score (nSPS) is 11.6. The van der Waals surface area contributed by atoms with Crippen LogP contribution in [0, 0.1) is 0 Å². The van der Waals surface area contributed by atoms with Crippen LogP contribution in [0.3, 0.4) is 0 Å². The van der Waals surface area contributed by atoms with Crippen LogP contribution in [0.1, 0.15) is 0 Å². The van der Waals surface area contributed by atoms with Crippen molar-refractivity contribution in [1.29, 1.82) is 0 Å². The topological polar surface area (TPSA) is 3.24 Å². The Morgan fingerprint density at radius 1 is 0.230 bits per heavy atom. The van der Waals surface area contributed by atoms with Crippen LogP contribution in [0.5, 0.6) is 0 Å². The third-order valence-corrected chi connectivity index (χ3v) is 12.6. The summed E-state index contributed by atoms with van der Waals surface area (Å²) in [6.45, 7) is 0. The van der Waals surface area contributed by atoms with E-state index in [2.05, 4.69) is 241 Å². The average Bonchev–Trinajstić information content (AvgIpc) is 3.34. The first-order valence-electron chi connectivity index (χ1n) is 21.1. The van der Waals surface area contributed by atoms with Gasteiger partial charge in [-0.25, -0.2) is 0 Å². The number of nitrogens with zero attached hydrogens (tertiary/aromatic N) is 1. The van der Waals surface area contributed by atoms with E-state index in [1.807, 2.05) is 0 Å². The van der Waals surface area contributed by atoms with Gasteiger partial charge in [-0.05, 0) is 135 Å². The third kappa shape index (κ3) is 5.86. The van der Waals surface area contributed by atoms with E-state index in [0.717, 1.165) is 17.1 Å². The smallest absolute Gasteiger partial charge is 0.0540 e. The van der Waals surface area contributed by atoms with Gasteiger partial charge < -0.3 is 4.90 Å². The fourth-order valence-electron chi connectivity index (χ4n) is 9.76. The molecule has 284 valence electrons. The molecule has 0 heterocycles. The molecule has 0 aliphatic rings. The molecule has 1 nitrogen and oxygen atoms in total. The molecule has 1 heteroatoms. The van der Waals surface area contributed by atoms with Crippen LogP contribution < -0.4 is 4.90 Å². The van der Waals surface area contributed by atoms with Gasteiger partial charge in [0, 0.05) is 16.9 Å². The van der Waals surface area contributed by atoms with Gasteiger partial charge in [-0.15, -0.1) is 0 Å². The Balaban J connectivity index is 1.02. The predicted molar refractivity (Wildman–Crippen MR) is 262 cm³/mol. The Morgan fingerprint density at radius 2 is 0.689 bits per heavy atom. The van der Waals surface area contributed by atoms with E-state index in [4.69, 9.17) is 0 Å². The van der Waals surface area contributed by atoms with Gasteiger partial charge in [0.2, 0.25) is 0 Å². The van der Waals surface area contributed by atoms with Crippen molar-refractivity contribution in [2.75, 3.05) is 4.90 Å². The lowest BCUT2D eigenvalue weighted by molar-refractivity contribution is 1.28. The van der Waals surface area contributed by atoms with Gasteiger partial charge in [0.25, 0.3) is 0 Å². The molecule has 0 radical (unpaired) electrons. The zero-order chi connectivity index (χ0) is 40.3. The molecule has 0 aliphatic carbocycles. The molecule has 12 rings (SSSR count). The summed E-state index contributed by atoms with van der Waals surface area (Å²) >= 11 is 0. The van der Waals surface area contributed by atoms with Crippen molar-refractivity contribution in [2.45, 2.75) is 0 Å². The first-order chi connectivity index (χ1) is 30.3. The van der Waals surface area contributed by atoms with Crippen LogP contribution >= 0.6 is 0 Å². The summed E-state index contributed by atoms with van der Waals surface area (Å²) in [5.41, 5.74) is 10.5. The van der Waals surface area contributed by atoms with E-state index < -0.39 is 0 Å². The number of fused-ring (bicyclic) bond motifs is 10. The lowest BCUT2D eigenvalue weighted by Gasteiger charge is -2.28. The molecule has 0 N–H and O–H groups in total. The zero-order valence-corrected chi connectivity index (χ0v) is 33.5. The van der Waals surface area contributed by atoms with Gasteiger partial charge in [-0.3, -0.25) is 0 Å². The quantitative estimate of drug-likeness (QED) is 0.152. The lowest BCUT2D eigenvalue weighted by Crippen LogP contribution is -2.11. The molecule has 0 aromatic heterocycles. The Hall–Kier alpha value is -8.00. The molecular weight excluding hydrogens is 735 g/mol. The third-order valence-electron chi connectivity index (χ3n) is 12.6. The first-order valence-corrected chi connectivity index (χ1v) is 21.1. The maximum absolute atomic E-state index is 2.41. The molecule has 12 aromatic rings. The lowest BCUT2D eigenvalue weighted by atomic mass is 9.88. The molecule has 0 unspecified atom stereocenters. The number of rotatable bonds is 6. The molecular formula is C60H39N. The molecule has 0 aliphatic heterocycles. The second-order valence-electron chi connectivity index (χ2n) is 16.0. The predicted octanol–water partition coefficient (Wildman–Crippen LogP) is 17.1. The zero-order valence-electron chi connectivity index (χ0n) is 33.5. The van der Waals surface area contributed by atoms with E-state index in [0.29, 0.717) is 0 Å². The van der Waals surface area contributed by atoms with Crippen LogP contribution in [0.2, 0.25) is 0 Å². The van der Waals surface area contributed by atoms with Gasteiger partial charge in [0.05, 0.1) is 5.69 Å². The van der Waals surface area contributed by atoms with Crippen LogP contribution in [0.15, 0.2) is 237 Å². The molecule has 0 bridgehead atoms. The van der Waals surface area contributed by atoms with Gasteiger partial charge in [0.1, 0.15) is 0 Å². The van der Waals surface area contributed by atoms with Crippen molar-refractivity contribution >= 4 is 81.7 Å².